The summed E-state index contributed by atoms with van der Waals surface area (Å²) in [5, 5.41) is 8.94. The molecule has 0 spiro atoms. The van der Waals surface area contributed by atoms with Gasteiger partial charge in [0.15, 0.2) is 0 Å². The summed E-state index contributed by atoms with van der Waals surface area (Å²) in [6, 6.07) is 7.68. The first-order chi connectivity index (χ1) is 9.62. The lowest BCUT2D eigenvalue weighted by molar-refractivity contribution is -0.131. The second kappa shape index (κ2) is 8.55. The smallest absolute Gasteiger partial charge is 0.236 e. The molecule has 0 saturated carbocycles. The Labute approximate surface area is 120 Å². The topological polar surface area (TPSA) is 53.0 Å². The van der Waals surface area contributed by atoms with Crippen molar-refractivity contribution < 1.29 is 14.6 Å². The number of carbonyl (C=O) groups excluding carboxylic acids is 1. The molecule has 0 aliphatic carbocycles. The maximum Gasteiger partial charge on any atom is 0.236 e. The maximum absolute atomic E-state index is 12.2. The molecule has 0 atom stereocenters. The van der Waals surface area contributed by atoms with Crippen molar-refractivity contribution in [3.63, 3.8) is 0 Å². The predicted molar refractivity (Wildman–Crippen MR) is 78.7 cm³/mol. The van der Waals surface area contributed by atoms with Gasteiger partial charge in [-0.3, -0.25) is 9.69 Å². The van der Waals surface area contributed by atoms with Crippen molar-refractivity contribution in [1.29, 1.82) is 0 Å². The third-order valence-corrected chi connectivity index (χ3v) is 3.25. The van der Waals surface area contributed by atoms with Crippen molar-refractivity contribution in [2.24, 2.45) is 0 Å². The highest BCUT2D eigenvalue weighted by Gasteiger charge is 2.14. The van der Waals surface area contributed by atoms with Crippen LogP contribution in [0.4, 0.5) is 0 Å². The van der Waals surface area contributed by atoms with Gasteiger partial charge in [0.05, 0.1) is 20.3 Å². The third-order valence-electron chi connectivity index (χ3n) is 3.25. The maximum atomic E-state index is 12.2. The average molecular weight is 280 g/mol. The number of likely N-dealkylation sites (N-methyl/N-ethyl adjacent to an activating group) is 2. The Morgan fingerprint density at radius 1 is 1.35 bits per heavy atom. The van der Waals surface area contributed by atoms with Crippen molar-refractivity contribution in [3.8, 4) is 5.75 Å². The zero-order chi connectivity index (χ0) is 15.0. The standard InChI is InChI=1S/C15H24N2O3/c1-4-17(9-10-18)12-15(19)16(2)11-13-7-5-6-8-14(13)20-3/h5-8,18H,4,9-12H2,1-3H3. The quantitative estimate of drug-likeness (QED) is 0.771. The molecule has 20 heavy (non-hydrogen) atoms. The van der Waals surface area contributed by atoms with Gasteiger partial charge in [0.2, 0.25) is 5.91 Å². The van der Waals surface area contributed by atoms with E-state index < -0.39 is 0 Å². The van der Waals surface area contributed by atoms with Gasteiger partial charge in [-0.25, -0.2) is 0 Å². The van der Waals surface area contributed by atoms with E-state index in [1.807, 2.05) is 36.1 Å². The average Bonchev–Trinajstić information content (AvgIpc) is 2.47. The number of rotatable bonds is 8. The second-order valence-electron chi connectivity index (χ2n) is 4.65. The number of amides is 1. The van der Waals surface area contributed by atoms with Crippen molar-refractivity contribution in [2.45, 2.75) is 13.5 Å². The van der Waals surface area contributed by atoms with Crippen molar-refractivity contribution >= 4 is 5.91 Å². The minimum atomic E-state index is 0.0335. The molecule has 0 fully saturated rings. The fourth-order valence-corrected chi connectivity index (χ4v) is 1.98. The molecule has 0 radical (unpaired) electrons. The summed E-state index contributed by atoms with van der Waals surface area (Å²) in [4.78, 5) is 15.7. The van der Waals surface area contributed by atoms with Crippen LogP contribution in [-0.4, -0.2) is 61.2 Å². The van der Waals surface area contributed by atoms with E-state index in [2.05, 4.69) is 0 Å². The fourth-order valence-electron chi connectivity index (χ4n) is 1.98. The molecule has 0 unspecified atom stereocenters. The SMILES string of the molecule is CCN(CCO)CC(=O)N(C)Cc1ccccc1OC. The monoisotopic (exact) mass is 280 g/mol. The van der Waals surface area contributed by atoms with Crippen molar-refractivity contribution in [2.75, 3.05) is 40.4 Å². The minimum Gasteiger partial charge on any atom is -0.496 e. The first-order valence-electron chi connectivity index (χ1n) is 6.81. The number of aliphatic hydroxyl groups is 1. The number of para-hydroxylation sites is 1. The molecule has 0 aliphatic rings. The summed E-state index contributed by atoms with van der Waals surface area (Å²) in [6.45, 7) is 4.14. The first kappa shape index (κ1) is 16.5. The lowest BCUT2D eigenvalue weighted by atomic mass is 10.2. The first-order valence-corrected chi connectivity index (χ1v) is 6.81. The largest absolute Gasteiger partial charge is 0.496 e. The summed E-state index contributed by atoms with van der Waals surface area (Å²) in [5.74, 6) is 0.820. The van der Waals surface area contributed by atoms with E-state index in [4.69, 9.17) is 9.84 Å². The van der Waals surface area contributed by atoms with Crippen LogP contribution in [-0.2, 0) is 11.3 Å². The lowest BCUT2D eigenvalue weighted by Crippen LogP contribution is -2.39. The van der Waals surface area contributed by atoms with E-state index in [-0.39, 0.29) is 12.5 Å². The van der Waals surface area contributed by atoms with Crippen molar-refractivity contribution in [3.05, 3.63) is 29.8 Å². The summed E-state index contributed by atoms with van der Waals surface area (Å²) in [6.07, 6.45) is 0. The van der Waals surface area contributed by atoms with E-state index in [1.165, 1.54) is 0 Å². The number of hydrogen-bond donors (Lipinski definition) is 1. The Bertz CT molecular complexity index is 423. The zero-order valence-electron chi connectivity index (χ0n) is 12.5. The molecule has 1 aromatic rings. The molecule has 0 bridgehead atoms. The highest BCUT2D eigenvalue weighted by Crippen LogP contribution is 2.18. The lowest BCUT2D eigenvalue weighted by Gasteiger charge is -2.24. The van der Waals surface area contributed by atoms with Gasteiger partial charge in [-0.1, -0.05) is 25.1 Å². The molecule has 0 heterocycles. The van der Waals surface area contributed by atoms with Crippen LogP contribution in [0.15, 0.2) is 24.3 Å². The van der Waals surface area contributed by atoms with Crippen LogP contribution in [0.1, 0.15) is 12.5 Å². The number of benzene rings is 1. The summed E-state index contributed by atoms with van der Waals surface area (Å²) in [7, 11) is 3.41. The van der Waals surface area contributed by atoms with Crippen LogP contribution in [0.3, 0.4) is 0 Å². The molecule has 1 aromatic carbocycles. The summed E-state index contributed by atoms with van der Waals surface area (Å²) in [5.41, 5.74) is 0.982. The second-order valence-corrected chi connectivity index (χ2v) is 4.65. The Balaban J connectivity index is 2.61. The number of aliphatic hydroxyl groups excluding tert-OH is 1. The Morgan fingerprint density at radius 3 is 2.65 bits per heavy atom. The molecule has 112 valence electrons. The van der Waals surface area contributed by atoms with Crippen molar-refractivity contribution in [1.82, 2.24) is 9.80 Å². The molecular formula is C15H24N2O3. The molecule has 1 amide bonds. The minimum absolute atomic E-state index is 0.0335. The number of hydrogen-bond acceptors (Lipinski definition) is 4. The van der Waals surface area contributed by atoms with E-state index in [9.17, 15) is 4.79 Å². The molecule has 5 nitrogen and oxygen atoms in total. The Hall–Kier alpha value is -1.59. The van der Waals surface area contributed by atoms with E-state index in [1.54, 1.807) is 19.1 Å². The van der Waals surface area contributed by atoms with Gasteiger partial charge < -0.3 is 14.7 Å². The molecule has 0 saturated heterocycles. The van der Waals surface area contributed by atoms with Gasteiger partial charge in [-0.2, -0.15) is 0 Å². The van der Waals surface area contributed by atoms with Crippen LogP contribution < -0.4 is 4.74 Å². The highest BCUT2D eigenvalue weighted by molar-refractivity contribution is 5.78. The van der Waals surface area contributed by atoms with Crippen LogP contribution >= 0.6 is 0 Å². The predicted octanol–water partition coefficient (Wildman–Crippen LogP) is 0.968. The molecule has 0 aromatic heterocycles. The normalized spacial score (nSPS) is 10.7. The molecular weight excluding hydrogens is 256 g/mol. The van der Waals surface area contributed by atoms with Gasteiger partial charge >= 0.3 is 0 Å². The molecule has 0 aliphatic heterocycles. The molecule has 1 rings (SSSR count). The van der Waals surface area contributed by atoms with Crippen LogP contribution in [0, 0.1) is 0 Å². The van der Waals surface area contributed by atoms with E-state index in [0.29, 0.717) is 19.6 Å². The summed E-state index contributed by atoms with van der Waals surface area (Å²) < 4.78 is 5.29. The number of carbonyl (C=O) groups is 1. The van der Waals surface area contributed by atoms with E-state index >= 15 is 0 Å². The van der Waals surface area contributed by atoms with Gasteiger partial charge in [-0.15, -0.1) is 0 Å². The van der Waals surface area contributed by atoms with Gasteiger partial charge in [-0.05, 0) is 12.6 Å². The van der Waals surface area contributed by atoms with Gasteiger partial charge in [0, 0.05) is 25.7 Å². The van der Waals surface area contributed by atoms with Crippen LogP contribution in [0.2, 0.25) is 0 Å². The van der Waals surface area contributed by atoms with Crippen LogP contribution in [0.5, 0.6) is 5.75 Å². The van der Waals surface area contributed by atoms with Crippen LogP contribution in [0.25, 0.3) is 0 Å². The highest BCUT2D eigenvalue weighted by atomic mass is 16.5. The number of methoxy groups -OCH3 is 1. The third kappa shape index (κ3) is 4.83. The molecule has 5 heteroatoms. The Kier molecular flexibility index (Phi) is 7.04. The zero-order valence-corrected chi connectivity index (χ0v) is 12.5. The van der Waals surface area contributed by atoms with Gasteiger partial charge in [0.1, 0.15) is 5.75 Å². The fraction of sp³-hybridized carbons (Fsp3) is 0.533. The summed E-state index contributed by atoms with van der Waals surface area (Å²) >= 11 is 0. The Morgan fingerprint density at radius 2 is 2.05 bits per heavy atom. The molecule has 1 N–H and O–H groups in total. The number of ether oxygens (including phenoxy) is 1. The van der Waals surface area contributed by atoms with Gasteiger partial charge in [0.25, 0.3) is 0 Å². The van der Waals surface area contributed by atoms with E-state index in [0.717, 1.165) is 17.9 Å². The number of nitrogens with zero attached hydrogens (tertiary/aromatic N) is 2.